The van der Waals surface area contributed by atoms with E-state index in [9.17, 15) is 4.79 Å². The third-order valence-corrected chi connectivity index (χ3v) is 4.36. The highest BCUT2D eigenvalue weighted by molar-refractivity contribution is 7.09. The molecule has 3 rings (SSSR count). The number of nitrogens with one attached hydrogen (secondary N) is 1. The van der Waals surface area contributed by atoms with Crippen molar-refractivity contribution in [2.45, 2.75) is 32.5 Å². The topological polar surface area (TPSA) is 63.1 Å². The lowest BCUT2D eigenvalue weighted by Gasteiger charge is -2.35. The van der Waals surface area contributed by atoms with Gasteiger partial charge in [0.1, 0.15) is 0 Å². The fourth-order valence-electron chi connectivity index (χ4n) is 2.69. The molecule has 21 heavy (non-hydrogen) atoms. The Labute approximate surface area is 127 Å². The molecule has 0 aromatic carbocycles. The first-order chi connectivity index (χ1) is 10.1. The lowest BCUT2D eigenvalue weighted by atomic mass is 10.1. The molecule has 1 N–H and O–H groups in total. The van der Waals surface area contributed by atoms with Crippen molar-refractivity contribution in [2.24, 2.45) is 0 Å². The number of amides is 1. The predicted octanol–water partition coefficient (Wildman–Crippen LogP) is 1.21. The number of carbonyl (C=O) groups excluding carboxylic acids is 1. The molecule has 0 saturated carbocycles. The van der Waals surface area contributed by atoms with Gasteiger partial charge < -0.3 is 10.2 Å². The molecular weight excluding hydrogens is 286 g/mol. The van der Waals surface area contributed by atoms with Crippen LogP contribution in [0.25, 0.3) is 0 Å². The fourth-order valence-corrected chi connectivity index (χ4v) is 3.39. The van der Waals surface area contributed by atoms with E-state index in [0.717, 1.165) is 0 Å². The molecule has 3 heterocycles. The Morgan fingerprint density at radius 3 is 2.86 bits per heavy atom. The van der Waals surface area contributed by atoms with E-state index < -0.39 is 0 Å². The van der Waals surface area contributed by atoms with Crippen molar-refractivity contribution in [1.82, 2.24) is 25.2 Å². The van der Waals surface area contributed by atoms with Crippen LogP contribution in [0.15, 0.2) is 23.7 Å². The van der Waals surface area contributed by atoms with E-state index in [2.05, 4.69) is 29.5 Å². The van der Waals surface area contributed by atoms with Crippen LogP contribution in [0.2, 0.25) is 0 Å². The van der Waals surface area contributed by atoms with Gasteiger partial charge in [-0.3, -0.25) is 4.79 Å². The summed E-state index contributed by atoms with van der Waals surface area (Å²) in [5.41, 5.74) is 0.424. The number of hydrogen-bond donors (Lipinski definition) is 1. The number of nitrogens with zero attached hydrogens (tertiary/aromatic N) is 4. The Kier molecular flexibility index (Phi) is 4.03. The van der Waals surface area contributed by atoms with E-state index in [-0.39, 0.29) is 5.91 Å². The zero-order chi connectivity index (χ0) is 14.8. The minimum atomic E-state index is -0.0346. The van der Waals surface area contributed by atoms with Gasteiger partial charge in [0.25, 0.3) is 5.91 Å². The summed E-state index contributed by atoms with van der Waals surface area (Å²) in [4.78, 5) is 15.5. The summed E-state index contributed by atoms with van der Waals surface area (Å²) in [6.07, 6.45) is 1.74. The van der Waals surface area contributed by atoms with Crippen molar-refractivity contribution >= 4 is 17.2 Å². The van der Waals surface area contributed by atoms with Crippen molar-refractivity contribution < 1.29 is 4.79 Å². The molecule has 2 atom stereocenters. The zero-order valence-corrected chi connectivity index (χ0v) is 13.0. The summed E-state index contributed by atoms with van der Waals surface area (Å²) in [5.74, 6) is -0.0346. The minimum absolute atomic E-state index is 0.0346. The zero-order valence-electron chi connectivity index (χ0n) is 12.2. The summed E-state index contributed by atoms with van der Waals surface area (Å²) < 4.78 is 1.72. The molecule has 2 aromatic rings. The molecule has 0 radical (unpaired) electrons. The Hall–Kier alpha value is -1.73. The monoisotopic (exact) mass is 305 g/mol. The summed E-state index contributed by atoms with van der Waals surface area (Å²) in [7, 11) is 0. The van der Waals surface area contributed by atoms with Crippen LogP contribution < -0.4 is 5.32 Å². The van der Waals surface area contributed by atoms with Crippen molar-refractivity contribution in [3.8, 4) is 0 Å². The van der Waals surface area contributed by atoms with Crippen LogP contribution >= 0.6 is 11.3 Å². The Bertz CT molecular complexity index is 599. The second kappa shape index (κ2) is 5.95. The summed E-state index contributed by atoms with van der Waals surface area (Å²) in [5, 5.41) is 13.5. The molecule has 1 fully saturated rings. The van der Waals surface area contributed by atoms with Gasteiger partial charge in [-0.2, -0.15) is 0 Å². The Morgan fingerprint density at radius 1 is 1.43 bits per heavy atom. The number of piperazine rings is 1. The van der Waals surface area contributed by atoms with Crippen LogP contribution in [0.4, 0.5) is 0 Å². The Balaban J connectivity index is 1.69. The minimum Gasteiger partial charge on any atom is -0.334 e. The van der Waals surface area contributed by atoms with E-state index in [1.54, 1.807) is 22.2 Å². The second-order valence-corrected chi connectivity index (χ2v) is 6.59. The van der Waals surface area contributed by atoms with Crippen LogP contribution in [0.3, 0.4) is 0 Å². The number of rotatable bonds is 3. The smallest absolute Gasteiger partial charge is 0.276 e. The molecule has 1 aliphatic heterocycles. The van der Waals surface area contributed by atoms with Gasteiger partial charge in [-0.1, -0.05) is 11.3 Å². The highest BCUT2D eigenvalue weighted by atomic mass is 32.1. The lowest BCUT2D eigenvalue weighted by molar-refractivity contribution is 0.0667. The molecule has 6 nitrogen and oxygen atoms in total. The third kappa shape index (κ3) is 3.30. The molecule has 1 saturated heterocycles. The normalized spacial score (nSPS) is 22.5. The van der Waals surface area contributed by atoms with Crippen molar-refractivity contribution in [1.29, 1.82) is 0 Å². The maximum Gasteiger partial charge on any atom is 0.276 e. The highest BCUT2D eigenvalue weighted by Gasteiger charge is 2.27. The third-order valence-electron chi connectivity index (χ3n) is 3.50. The Morgan fingerprint density at radius 2 is 2.19 bits per heavy atom. The molecule has 0 spiro atoms. The van der Waals surface area contributed by atoms with Gasteiger partial charge in [0.2, 0.25) is 0 Å². The number of aromatic nitrogens is 3. The van der Waals surface area contributed by atoms with Crippen molar-refractivity contribution in [3.05, 3.63) is 34.3 Å². The van der Waals surface area contributed by atoms with E-state index in [1.807, 2.05) is 22.4 Å². The molecule has 2 aromatic heterocycles. The predicted molar refractivity (Wildman–Crippen MR) is 81.4 cm³/mol. The van der Waals surface area contributed by atoms with Crippen LogP contribution in [0.5, 0.6) is 0 Å². The van der Waals surface area contributed by atoms with Gasteiger partial charge in [-0.25, -0.2) is 4.68 Å². The van der Waals surface area contributed by atoms with Crippen molar-refractivity contribution in [3.63, 3.8) is 0 Å². The lowest BCUT2D eigenvalue weighted by Crippen LogP contribution is -2.55. The molecular formula is C14H19N5OS. The molecule has 0 aliphatic carbocycles. The number of hydrogen-bond acceptors (Lipinski definition) is 5. The van der Waals surface area contributed by atoms with Crippen LogP contribution in [0, 0.1) is 0 Å². The van der Waals surface area contributed by atoms with Crippen molar-refractivity contribution in [2.75, 3.05) is 13.1 Å². The molecule has 1 aliphatic rings. The van der Waals surface area contributed by atoms with Gasteiger partial charge >= 0.3 is 0 Å². The van der Waals surface area contributed by atoms with Gasteiger partial charge in [0.05, 0.1) is 12.7 Å². The van der Waals surface area contributed by atoms with Crippen LogP contribution in [0.1, 0.15) is 29.2 Å². The molecule has 1 amide bonds. The SMILES string of the molecule is C[C@H]1CN(C(=O)c2cn(Cc3cccs3)nn2)C[C@H](C)N1. The number of thiophene rings is 1. The standard InChI is InChI=1S/C14H19N5OS/c1-10-6-18(7-11(2)15-10)14(20)13-9-19(17-16-13)8-12-4-3-5-21-12/h3-5,9-11,15H,6-8H2,1-2H3/t10-,11-/m0/s1. The quantitative estimate of drug-likeness (QED) is 0.926. The van der Waals surface area contributed by atoms with Gasteiger partial charge in [-0.15, -0.1) is 16.4 Å². The van der Waals surface area contributed by atoms with Crippen LogP contribution in [-0.2, 0) is 6.54 Å². The van der Waals surface area contributed by atoms with E-state index in [1.165, 1.54) is 4.88 Å². The summed E-state index contributed by atoms with van der Waals surface area (Å²) >= 11 is 1.67. The first kappa shape index (κ1) is 14.2. The van der Waals surface area contributed by atoms with E-state index >= 15 is 0 Å². The maximum absolute atomic E-state index is 12.5. The fraction of sp³-hybridized carbons (Fsp3) is 0.500. The molecule has 0 unspecified atom stereocenters. The molecule has 0 bridgehead atoms. The molecule has 7 heteroatoms. The van der Waals surface area contributed by atoms with Gasteiger partial charge in [0, 0.05) is 30.1 Å². The first-order valence-corrected chi connectivity index (χ1v) is 7.97. The van der Waals surface area contributed by atoms with Gasteiger partial charge in [-0.05, 0) is 25.3 Å². The maximum atomic E-state index is 12.5. The summed E-state index contributed by atoms with van der Waals surface area (Å²) in [6, 6.07) is 4.66. The van der Waals surface area contributed by atoms with Crippen LogP contribution in [-0.4, -0.2) is 51.0 Å². The number of carbonyl (C=O) groups is 1. The molecule has 112 valence electrons. The largest absolute Gasteiger partial charge is 0.334 e. The van der Waals surface area contributed by atoms with E-state index in [4.69, 9.17) is 0 Å². The average molecular weight is 305 g/mol. The summed E-state index contributed by atoms with van der Waals surface area (Å²) in [6.45, 7) is 6.25. The second-order valence-electron chi connectivity index (χ2n) is 5.56. The van der Waals surface area contributed by atoms with Gasteiger partial charge in [0.15, 0.2) is 5.69 Å². The highest BCUT2D eigenvalue weighted by Crippen LogP contribution is 2.12. The van der Waals surface area contributed by atoms with E-state index in [0.29, 0.717) is 37.4 Å². The first-order valence-electron chi connectivity index (χ1n) is 7.09. The average Bonchev–Trinajstić information content (AvgIpc) is 3.09.